The van der Waals surface area contributed by atoms with E-state index in [4.69, 9.17) is 0 Å². The van der Waals surface area contributed by atoms with E-state index >= 15 is 0 Å². The second-order valence-electron chi connectivity index (χ2n) is 6.30. The summed E-state index contributed by atoms with van der Waals surface area (Å²) < 4.78 is 0. The van der Waals surface area contributed by atoms with Crippen molar-refractivity contribution in [2.24, 2.45) is 0 Å². The van der Waals surface area contributed by atoms with Gasteiger partial charge in [-0.3, -0.25) is 9.59 Å². The van der Waals surface area contributed by atoms with E-state index in [1.807, 2.05) is 0 Å². The molecule has 2 fully saturated rings. The Kier molecular flexibility index (Phi) is 4.07. The Morgan fingerprint density at radius 2 is 1.15 bits per heavy atom. The van der Waals surface area contributed by atoms with Crippen molar-refractivity contribution in [2.45, 2.75) is 75.7 Å². The molecule has 2 amide bonds. The van der Waals surface area contributed by atoms with Crippen LogP contribution in [0.1, 0.15) is 52.4 Å². The van der Waals surface area contributed by atoms with Gasteiger partial charge >= 0.3 is 11.8 Å². The highest BCUT2D eigenvalue weighted by Crippen LogP contribution is 2.35. The molecule has 20 heavy (non-hydrogen) atoms. The lowest BCUT2D eigenvalue weighted by atomic mass is 9.75. The predicted molar refractivity (Wildman–Crippen MR) is 72.8 cm³/mol. The summed E-state index contributed by atoms with van der Waals surface area (Å²) in [5.41, 5.74) is -1.76. The molecule has 114 valence electrons. The lowest BCUT2D eigenvalue weighted by molar-refractivity contribution is -0.144. The summed E-state index contributed by atoms with van der Waals surface area (Å²) >= 11 is 0. The molecule has 0 bridgehead atoms. The molecule has 0 saturated heterocycles. The van der Waals surface area contributed by atoms with Crippen LogP contribution in [0.5, 0.6) is 0 Å². The van der Waals surface area contributed by atoms with Gasteiger partial charge < -0.3 is 20.8 Å². The quantitative estimate of drug-likeness (QED) is 0.538. The van der Waals surface area contributed by atoms with Crippen LogP contribution in [0, 0.1) is 0 Å². The zero-order valence-electron chi connectivity index (χ0n) is 12.1. The Morgan fingerprint density at radius 3 is 1.35 bits per heavy atom. The summed E-state index contributed by atoms with van der Waals surface area (Å²) in [6.45, 7) is 3.40. The second-order valence-corrected chi connectivity index (χ2v) is 6.30. The van der Waals surface area contributed by atoms with E-state index in [9.17, 15) is 19.8 Å². The molecule has 0 heterocycles. The highest BCUT2D eigenvalue weighted by atomic mass is 16.3. The van der Waals surface area contributed by atoms with Gasteiger partial charge in [0.1, 0.15) is 0 Å². The topological polar surface area (TPSA) is 98.7 Å². The van der Waals surface area contributed by atoms with Crippen LogP contribution in [-0.2, 0) is 9.59 Å². The average molecular weight is 284 g/mol. The van der Waals surface area contributed by atoms with E-state index in [0.717, 1.165) is 12.8 Å². The fraction of sp³-hybridized carbons (Fsp3) is 0.857. The van der Waals surface area contributed by atoms with E-state index in [0.29, 0.717) is 25.7 Å². The van der Waals surface area contributed by atoms with E-state index < -0.39 is 35.1 Å². The molecular formula is C14H24N2O4. The highest BCUT2D eigenvalue weighted by Gasteiger charge is 2.43. The summed E-state index contributed by atoms with van der Waals surface area (Å²) in [5, 5.41) is 25.2. The molecule has 2 unspecified atom stereocenters. The molecular weight excluding hydrogens is 260 g/mol. The fourth-order valence-corrected chi connectivity index (χ4v) is 2.74. The van der Waals surface area contributed by atoms with Crippen LogP contribution in [0.3, 0.4) is 0 Å². The number of hydrogen-bond donors (Lipinski definition) is 4. The van der Waals surface area contributed by atoms with Gasteiger partial charge in [0.2, 0.25) is 0 Å². The van der Waals surface area contributed by atoms with Crippen LogP contribution in [0.25, 0.3) is 0 Å². The molecule has 0 radical (unpaired) electrons. The number of amides is 2. The normalized spacial score (nSPS) is 25.6. The minimum Gasteiger partial charge on any atom is -0.388 e. The predicted octanol–water partition coefficient (Wildman–Crippen LogP) is -0.174. The monoisotopic (exact) mass is 284 g/mol. The summed E-state index contributed by atoms with van der Waals surface area (Å²) in [6.07, 6.45) is 4.46. The average Bonchev–Trinajstić information content (AvgIpc) is 2.32. The number of carbonyl (C=O) groups excluding carboxylic acids is 2. The highest BCUT2D eigenvalue weighted by molar-refractivity contribution is 6.35. The lowest BCUT2D eigenvalue weighted by Gasteiger charge is -2.42. The van der Waals surface area contributed by atoms with Gasteiger partial charge in [-0.1, -0.05) is 0 Å². The molecule has 0 spiro atoms. The van der Waals surface area contributed by atoms with Crippen molar-refractivity contribution in [1.29, 1.82) is 0 Å². The second kappa shape index (κ2) is 5.33. The maximum Gasteiger partial charge on any atom is 0.309 e. The molecule has 2 rings (SSSR count). The van der Waals surface area contributed by atoms with Gasteiger partial charge in [0.05, 0.1) is 23.3 Å². The van der Waals surface area contributed by atoms with Crippen molar-refractivity contribution in [3.8, 4) is 0 Å². The molecule has 0 aliphatic heterocycles. The van der Waals surface area contributed by atoms with Crippen molar-refractivity contribution in [1.82, 2.24) is 10.6 Å². The van der Waals surface area contributed by atoms with Crippen LogP contribution in [0.2, 0.25) is 0 Å². The van der Waals surface area contributed by atoms with Gasteiger partial charge in [0.15, 0.2) is 0 Å². The van der Waals surface area contributed by atoms with Crippen LogP contribution >= 0.6 is 0 Å². The van der Waals surface area contributed by atoms with Crippen LogP contribution in [0.4, 0.5) is 0 Å². The van der Waals surface area contributed by atoms with Gasteiger partial charge in [-0.05, 0) is 52.4 Å². The largest absolute Gasteiger partial charge is 0.388 e. The first-order chi connectivity index (χ1) is 9.27. The first-order valence-electron chi connectivity index (χ1n) is 7.33. The molecule has 2 atom stereocenters. The van der Waals surface area contributed by atoms with Crippen molar-refractivity contribution in [3.05, 3.63) is 0 Å². The number of nitrogens with one attached hydrogen (secondary N) is 2. The van der Waals surface area contributed by atoms with E-state index in [1.54, 1.807) is 13.8 Å². The Bertz CT molecular complexity index is 364. The smallest absolute Gasteiger partial charge is 0.309 e. The molecule has 2 aliphatic carbocycles. The van der Waals surface area contributed by atoms with Crippen molar-refractivity contribution in [3.63, 3.8) is 0 Å². The Morgan fingerprint density at radius 1 is 0.850 bits per heavy atom. The Hall–Kier alpha value is -1.14. The molecule has 2 saturated carbocycles. The Labute approximate surface area is 118 Å². The summed E-state index contributed by atoms with van der Waals surface area (Å²) in [6, 6.07) is -0.895. The van der Waals surface area contributed by atoms with Crippen molar-refractivity contribution >= 4 is 11.8 Å². The molecule has 4 N–H and O–H groups in total. The number of hydrogen-bond acceptors (Lipinski definition) is 4. The molecule has 0 aromatic heterocycles. The third-order valence-electron chi connectivity index (χ3n) is 4.95. The number of carbonyl (C=O) groups is 2. The van der Waals surface area contributed by atoms with Crippen LogP contribution in [-0.4, -0.2) is 45.3 Å². The lowest BCUT2D eigenvalue weighted by Crippen LogP contribution is -2.60. The zero-order chi connectivity index (χ0) is 15.0. The van der Waals surface area contributed by atoms with Crippen molar-refractivity contribution in [2.75, 3.05) is 0 Å². The molecule has 6 heteroatoms. The van der Waals surface area contributed by atoms with E-state index in [2.05, 4.69) is 10.6 Å². The SMILES string of the molecule is CC(NC(=O)C(=O)NC(C)C1(O)CCC1)C1(O)CCC1. The van der Waals surface area contributed by atoms with Gasteiger partial charge in [-0.25, -0.2) is 0 Å². The van der Waals surface area contributed by atoms with Gasteiger partial charge in [-0.15, -0.1) is 0 Å². The maximum absolute atomic E-state index is 11.8. The number of rotatable bonds is 4. The number of aliphatic hydroxyl groups is 2. The molecule has 6 nitrogen and oxygen atoms in total. The van der Waals surface area contributed by atoms with E-state index in [-0.39, 0.29) is 0 Å². The summed E-state index contributed by atoms with van der Waals surface area (Å²) in [5.74, 6) is -1.51. The first kappa shape index (κ1) is 15.3. The molecule has 0 aromatic rings. The first-order valence-corrected chi connectivity index (χ1v) is 7.33. The maximum atomic E-state index is 11.8. The third kappa shape index (κ3) is 2.81. The minimum atomic E-state index is -0.881. The fourth-order valence-electron chi connectivity index (χ4n) is 2.74. The molecule has 0 aromatic carbocycles. The van der Waals surface area contributed by atoms with Gasteiger partial charge in [0.25, 0.3) is 0 Å². The van der Waals surface area contributed by atoms with E-state index in [1.165, 1.54) is 0 Å². The third-order valence-corrected chi connectivity index (χ3v) is 4.95. The van der Waals surface area contributed by atoms with Crippen LogP contribution < -0.4 is 10.6 Å². The zero-order valence-corrected chi connectivity index (χ0v) is 12.1. The Balaban J connectivity index is 1.81. The summed E-state index contributed by atoms with van der Waals surface area (Å²) in [7, 11) is 0. The van der Waals surface area contributed by atoms with Crippen LogP contribution in [0.15, 0.2) is 0 Å². The minimum absolute atomic E-state index is 0.448. The standard InChI is InChI=1S/C14H24N2O4/c1-9(13(19)5-3-6-13)15-11(17)12(18)16-10(2)14(20)7-4-8-14/h9-10,19-20H,3-8H2,1-2H3,(H,15,17)(H,16,18). The van der Waals surface area contributed by atoms with Gasteiger partial charge in [0, 0.05) is 0 Å². The summed E-state index contributed by atoms with van der Waals surface area (Å²) in [4.78, 5) is 23.6. The van der Waals surface area contributed by atoms with Crippen molar-refractivity contribution < 1.29 is 19.8 Å². The van der Waals surface area contributed by atoms with Gasteiger partial charge in [-0.2, -0.15) is 0 Å². The molecule has 2 aliphatic rings.